The van der Waals surface area contributed by atoms with Crippen molar-refractivity contribution in [1.82, 2.24) is 10.6 Å². The zero-order valence-electron chi connectivity index (χ0n) is 11.9. The van der Waals surface area contributed by atoms with Gasteiger partial charge in [-0.3, -0.25) is 0 Å². The van der Waals surface area contributed by atoms with Crippen LogP contribution in [0.15, 0.2) is 34.2 Å². The molecular formula is C16H17N3O2. The summed E-state index contributed by atoms with van der Waals surface area (Å²) in [5.41, 5.74) is 2.41. The van der Waals surface area contributed by atoms with E-state index in [1.165, 1.54) is 6.42 Å². The zero-order chi connectivity index (χ0) is 14.4. The molecule has 5 heteroatoms. The first-order chi connectivity index (χ1) is 10.3. The number of furan rings is 1. The molecule has 0 aliphatic carbocycles. The second kappa shape index (κ2) is 4.63. The number of fused-ring (bicyclic) bond motifs is 3. The Morgan fingerprint density at radius 1 is 1.43 bits per heavy atom. The molecule has 1 saturated heterocycles. The van der Waals surface area contributed by atoms with Gasteiger partial charge in [0.15, 0.2) is 5.76 Å². The van der Waals surface area contributed by atoms with Gasteiger partial charge in [0, 0.05) is 0 Å². The molecule has 1 fully saturated rings. The van der Waals surface area contributed by atoms with Crippen LogP contribution in [0, 0.1) is 0 Å². The minimum atomic E-state index is 0.269. The molecule has 0 radical (unpaired) electrons. The first kappa shape index (κ1) is 12.5. The van der Waals surface area contributed by atoms with E-state index >= 15 is 0 Å². The standard InChI is InChI=1S/C16H17N3O2/c1-9-15-14(19-16(18-9)12-4-3-7-17-12)11-8-10(20-2)5-6-13(11)21-15/h5-6,8,12,17H,1,3-4,7H2,2H3,(H,18,19)/t12-/m1/s1. The Kier molecular flexibility index (Phi) is 2.75. The summed E-state index contributed by atoms with van der Waals surface area (Å²) in [6.07, 6.45) is 2.26. The van der Waals surface area contributed by atoms with E-state index in [-0.39, 0.29) is 6.04 Å². The lowest BCUT2D eigenvalue weighted by molar-refractivity contribution is 0.415. The Bertz CT molecular complexity index is 754. The minimum Gasteiger partial charge on any atom is -0.497 e. The molecule has 5 nitrogen and oxygen atoms in total. The molecule has 2 aliphatic heterocycles. The molecule has 1 atom stereocenters. The van der Waals surface area contributed by atoms with Gasteiger partial charge < -0.3 is 19.8 Å². The maximum atomic E-state index is 5.87. The summed E-state index contributed by atoms with van der Waals surface area (Å²) in [6.45, 7) is 5.10. The van der Waals surface area contributed by atoms with Crippen molar-refractivity contribution in [3.05, 3.63) is 30.5 Å². The molecule has 0 unspecified atom stereocenters. The fraction of sp³-hybridized carbons (Fsp3) is 0.312. The van der Waals surface area contributed by atoms with E-state index in [0.29, 0.717) is 5.76 Å². The lowest BCUT2D eigenvalue weighted by atomic mass is 10.1. The summed E-state index contributed by atoms with van der Waals surface area (Å²) in [6, 6.07) is 6.02. The molecule has 3 heterocycles. The highest BCUT2D eigenvalue weighted by atomic mass is 16.5. The molecule has 2 aromatic rings. The highest BCUT2D eigenvalue weighted by Gasteiger charge is 2.28. The first-order valence-corrected chi connectivity index (χ1v) is 7.15. The normalized spacial score (nSPS) is 21.1. The van der Waals surface area contributed by atoms with Crippen molar-refractivity contribution in [3.63, 3.8) is 0 Å². The monoisotopic (exact) mass is 283 g/mol. The summed E-state index contributed by atoms with van der Waals surface area (Å²) in [5, 5.41) is 7.68. The average Bonchev–Trinajstić information content (AvgIpc) is 3.14. The zero-order valence-corrected chi connectivity index (χ0v) is 11.9. The summed E-state index contributed by atoms with van der Waals surface area (Å²) in [7, 11) is 1.66. The van der Waals surface area contributed by atoms with E-state index in [4.69, 9.17) is 14.1 Å². The Labute approximate surface area is 122 Å². The van der Waals surface area contributed by atoms with E-state index < -0.39 is 0 Å². The number of nitrogens with one attached hydrogen (secondary N) is 2. The highest BCUT2D eigenvalue weighted by molar-refractivity contribution is 6.06. The van der Waals surface area contributed by atoms with Gasteiger partial charge in [-0.25, -0.2) is 4.99 Å². The fourth-order valence-electron chi connectivity index (χ4n) is 2.95. The lowest BCUT2D eigenvalue weighted by Gasteiger charge is -2.20. The predicted molar refractivity (Wildman–Crippen MR) is 83.1 cm³/mol. The summed E-state index contributed by atoms with van der Waals surface area (Å²) >= 11 is 0. The van der Waals surface area contributed by atoms with E-state index in [1.54, 1.807) is 7.11 Å². The van der Waals surface area contributed by atoms with Crippen molar-refractivity contribution in [2.24, 2.45) is 4.99 Å². The minimum absolute atomic E-state index is 0.269. The van der Waals surface area contributed by atoms with Gasteiger partial charge in [0.2, 0.25) is 0 Å². The molecule has 0 saturated carbocycles. The van der Waals surface area contributed by atoms with Crippen LogP contribution >= 0.6 is 0 Å². The highest BCUT2D eigenvalue weighted by Crippen LogP contribution is 2.40. The Morgan fingerprint density at radius 3 is 3.10 bits per heavy atom. The van der Waals surface area contributed by atoms with E-state index in [1.807, 2.05) is 18.2 Å². The number of nitrogens with zero attached hydrogens (tertiary/aromatic N) is 1. The van der Waals surface area contributed by atoms with Gasteiger partial charge in [-0.05, 0) is 37.6 Å². The van der Waals surface area contributed by atoms with E-state index in [2.05, 4.69) is 17.2 Å². The van der Waals surface area contributed by atoms with Gasteiger partial charge in [-0.15, -0.1) is 0 Å². The molecule has 1 aromatic carbocycles. The second-order valence-corrected chi connectivity index (χ2v) is 5.39. The molecule has 0 amide bonds. The molecular weight excluding hydrogens is 266 g/mol. The fourth-order valence-corrected chi connectivity index (χ4v) is 2.95. The third-order valence-electron chi connectivity index (χ3n) is 4.04. The lowest BCUT2D eigenvalue weighted by Crippen LogP contribution is -2.40. The predicted octanol–water partition coefficient (Wildman–Crippen LogP) is 2.80. The largest absolute Gasteiger partial charge is 0.497 e. The summed E-state index contributed by atoms with van der Waals surface area (Å²) in [5.74, 6) is 2.43. The molecule has 21 heavy (non-hydrogen) atoms. The van der Waals surface area contributed by atoms with Crippen LogP contribution < -0.4 is 15.4 Å². The number of ether oxygens (including phenoxy) is 1. The molecule has 4 rings (SSSR count). The summed E-state index contributed by atoms with van der Waals surface area (Å²) < 4.78 is 11.2. The topological polar surface area (TPSA) is 58.8 Å². The van der Waals surface area contributed by atoms with Crippen molar-refractivity contribution < 1.29 is 9.15 Å². The first-order valence-electron chi connectivity index (χ1n) is 7.15. The number of rotatable bonds is 2. The van der Waals surface area contributed by atoms with Crippen LogP contribution in [-0.4, -0.2) is 25.5 Å². The number of amidine groups is 1. The van der Waals surface area contributed by atoms with Crippen molar-refractivity contribution in [2.45, 2.75) is 18.9 Å². The van der Waals surface area contributed by atoms with Crippen molar-refractivity contribution >= 4 is 28.2 Å². The van der Waals surface area contributed by atoms with Crippen molar-refractivity contribution in [3.8, 4) is 5.75 Å². The number of hydrogen-bond acceptors (Lipinski definition) is 5. The van der Waals surface area contributed by atoms with Crippen LogP contribution in [0.5, 0.6) is 5.75 Å². The number of methoxy groups -OCH3 is 1. The van der Waals surface area contributed by atoms with Gasteiger partial charge in [0.05, 0.1) is 24.2 Å². The van der Waals surface area contributed by atoms with Crippen LogP contribution in [0.25, 0.3) is 16.7 Å². The van der Waals surface area contributed by atoms with Gasteiger partial charge in [0.1, 0.15) is 22.9 Å². The maximum Gasteiger partial charge on any atom is 0.176 e. The van der Waals surface area contributed by atoms with Crippen LogP contribution in [0.4, 0.5) is 5.69 Å². The Morgan fingerprint density at radius 2 is 2.33 bits per heavy atom. The third kappa shape index (κ3) is 1.93. The van der Waals surface area contributed by atoms with Gasteiger partial charge in [-0.2, -0.15) is 0 Å². The van der Waals surface area contributed by atoms with Gasteiger partial charge in [0.25, 0.3) is 0 Å². The molecule has 2 aliphatic rings. The van der Waals surface area contributed by atoms with Crippen LogP contribution in [0.2, 0.25) is 0 Å². The third-order valence-corrected chi connectivity index (χ3v) is 4.04. The maximum absolute atomic E-state index is 5.87. The quantitative estimate of drug-likeness (QED) is 0.889. The SMILES string of the molecule is C=C1NC([C@H]2CCCN2)=Nc2c1oc1ccc(OC)cc21. The molecule has 1 aromatic heterocycles. The van der Waals surface area contributed by atoms with Gasteiger partial charge >= 0.3 is 0 Å². The number of hydrogen-bond donors (Lipinski definition) is 2. The average molecular weight is 283 g/mol. The second-order valence-electron chi connectivity index (χ2n) is 5.39. The number of benzene rings is 1. The number of aliphatic imine (C=N–C) groups is 1. The van der Waals surface area contributed by atoms with Crippen molar-refractivity contribution in [1.29, 1.82) is 0 Å². The van der Waals surface area contributed by atoms with E-state index in [0.717, 1.165) is 46.9 Å². The molecule has 2 N–H and O–H groups in total. The van der Waals surface area contributed by atoms with Crippen molar-refractivity contribution in [2.75, 3.05) is 13.7 Å². The summed E-state index contributed by atoms with van der Waals surface area (Å²) in [4.78, 5) is 4.77. The Balaban J connectivity index is 1.88. The van der Waals surface area contributed by atoms with Crippen LogP contribution in [0.3, 0.4) is 0 Å². The Hall–Kier alpha value is -2.27. The van der Waals surface area contributed by atoms with Crippen LogP contribution in [-0.2, 0) is 0 Å². The van der Waals surface area contributed by atoms with Crippen LogP contribution in [0.1, 0.15) is 18.6 Å². The molecule has 0 bridgehead atoms. The molecule has 108 valence electrons. The molecule has 0 spiro atoms. The smallest absolute Gasteiger partial charge is 0.176 e. The van der Waals surface area contributed by atoms with E-state index in [9.17, 15) is 0 Å². The van der Waals surface area contributed by atoms with Gasteiger partial charge in [-0.1, -0.05) is 6.58 Å².